The molecule has 0 unspecified atom stereocenters. The summed E-state index contributed by atoms with van der Waals surface area (Å²) in [4.78, 5) is 12.4. The number of carbonyl (C=O) groups is 1. The van der Waals surface area contributed by atoms with Crippen LogP contribution in [0, 0.1) is 5.41 Å². The third-order valence-electron chi connectivity index (χ3n) is 3.88. The highest BCUT2D eigenvalue weighted by atomic mass is 16.2. The predicted octanol–water partition coefficient (Wildman–Crippen LogP) is 2.71. The van der Waals surface area contributed by atoms with Gasteiger partial charge in [-0.2, -0.15) is 0 Å². The van der Waals surface area contributed by atoms with Crippen molar-refractivity contribution in [2.45, 2.75) is 26.7 Å². The van der Waals surface area contributed by atoms with Crippen LogP contribution in [0.1, 0.15) is 37.0 Å². The van der Waals surface area contributed by atoms with E-state index in [1.807, 2.05) is 42.1 Å². The van der Waals surface area contributed by atoms with Crippen molar-refractivity contribution in [1.82, 2.24) is 9.88 Å². The van der Waals surface area contributed by atoms with Gasteiger partial charge >= 0.3 is 0 Å². The third kappa shape index (κ3) is 3.64. The minimum Gasteiger partial charge on any atom is -0.396 e. The molecule has 114 valence electrons. The Morgan fingerprint density at radius 3 is 2.76 bits per heavy atom. The van der Waals surface area contributed by atoms with Crippen molar-refractivity contribution in [3.8, 4) is 0 Å². The molecule has 1 heterocycles. The number of carbonyl (C=O) groups excluding carboxylic acids is 1. The number of fused-ring (bicyclic) bond motifs is 1. The maximum atomic E-state index is 12.4. The molecule has 0 atom stereocenters. The van der Waals surface area contributed by atoms with E-state index in [2.05, 4.69) is 19.2 Å². The monoisotopic (exact) mass is 288 g/mol. The smallest absolute Gasteiger partial charge is 0.253 e. The summed E-state index contributed by atoms with van der Waals surface area (Å²) in [7, 11) is 1.95. The first-order chi connectivity index (χ1) is 9.94. The Morgan fingerprint density at radius 1 is 1.33 bits per heavy atom. The molecular weight excluding hydrogens is 264 g/mol. The van der Waals surface area contributed by atoms with Gasteiger partial charge in [0.25, 0.3) is 5.91 Å². The molecule has 2 N–H and O–H groups in total. The van der Waals surface area contributed by atoms with Gasteiger partial charge in [-0.1, -0.05) is 32.0 Å². The van der Waals surface area contributed by atoms with E-state index in [0.717, 1.165) is 23.7 Å². The maximum absolute atomic E-state index is 12.4. The van der Waals surface area contributed by atoms with Gasteiger partial charge < -0.3 is 15.0 Å². The molecule has 2 aromatic rings. The fraction of sp³-hybridized carbons (Fsp3) is 0.471. The van der Waals surface area contributed by atoms with Crippen LogP contribution in [0.4, 0.5) is 0 Å². The van der Waals surface area contributed by atoms with Crippen molar-refractivity contribution in [3.63, 3.8) is 0 Å². The van der Waals surface area contributed by atoms with Gasteiger partial charge in [0.15, 0.2) is 0 Å². The average molecular weight is 288 g/mol. The fourth-order valence-corrected chi connectivity index (χ4v) is 2.58. The SMILES string of the molecule is Cn1cc(C(=O)NCC(C)(C)CCCO)c2ccccc21. The second kappa shape index (κ2) is 6.31. The van der Waals surface area contributed by atoms with E-state index in [1.165, 1.54) is 0 Å². The lowest BCUT2D eigenvalue weighted by molar-refractivity contribution is 0.0934. The molecule has 0 radical (unpaired) electrons. The number of rotatable bonds is 6. The van der Waals surface area contributed by atoms with Crippen LogP contribution in [-0.2, 0) is 7.05 Å². The number of hydrogen-bond acceptors (Lipinski definition) is 2. The molecule has 0 aliphatic carbocycles. The van der Waals surface area contributed by atoms with Gasteiger partial charge in [0.1, 0.15) is 0 Å². The summed E-state index contributed by atoms with van der Waals surface area (Å²) in [6.45, 7) is 5.01. The normalized spacial score (nSPS) is 11.8. The third-order valence-corrected chi connectivity index (χ3v) is 3.88. The van der Waals surface area contributed by atoms with Gasteiger partial charge in [-0.05, 0) is 24.3 Å². The molecule has 0 spiro atoms. The van der Waals surface area contributed by atoms with E-state index >= 15 is 0 Å². The van der Waals surface area contributed by atoms with Crippen molar-refractivity contribution in [3.05, 3.63) is 36.0 Å². The standard InChI is InChI=1S/C17H24N2O2/c1-17(2,9-6-10-20)12-18-16(21)14-11-19(3)15-8-5-4-7-13(14)15/h4-5,7-8,11,20H,6,9-10,12H2,1-3H3,(H,18,21). The van der Waals surface area contributed by atoms with Gasteiger partial charge in [-0.25, -0.2) is 0 Å². The minimum atomic E-state index is -0.0381. The van der Waals surface area contributed by atoms with E-state index in [9.17, 15) is 4.79 Å². The summed E-state index contributed by atoms with van der Waals surface area (Å²) < 4.78 is 1.97. The lowest BCUT2D eigenvalue weighted by Crippen LogP contribution is -2.34. The molecule has 2 rings (SSSR count). The van der Waals surface area contributed by atoms with Crippen molar-refractivity contribution < 1.29 is 9.90 Å². The number of hydrogen-bond donors (Lipinski definition) is 2. The van der Waals surface area contributed by atoms with Crippen LogP contribution in [0.2, 0.25) is 0 Å². The first-order valence-electron chi connectivity index (χ1n) is 7.38. The number of amides is 1. The molecule has 1 aromatic heterocycles. The Hall–Kier alpha value is -1.81. The Kier molecular flexibility index (Phi) is 4.68. The highest BCUT2D eigenvalue weighted by molar-refractivity contribution is 6.06. The number of nitrogens with one attached hydrogen (secondary N) is 1. The Bertz CT molecular complexity index is 629. The van der Waals surface area contributed by atoms with Gasteiger partial charge in [-0.3, -0.25) is 4.79 Å². The summed E-state index contributed by atoms with van der Waals surface area (Å²) >= 11 is 0. The highest BCUT2D eigenvalue weighted by Gasteiger charge is 2.20. The van der Waals surface area contributed by atoms with Crippen molar-refractivity contribution in [2.24, 2.45) is 12.5 Å². The van der Waals surface area contributed by atoms with Gasteiger partial charge in [0, 0.05) is 37.3 Å². The predicted molar refractivity (Wildman–Crippen MR) is 85.4 cm³/mol. The van der Waals surface area contributed by atoms with E-state index < -0.39 is 0 Å². The molecule has 4 heteroatoms. The van der Waals surface area contributed by atoms with Crippen LogP contribution in [0.25, 0.3) is 10.9 Å². The average Bonchev–Trinajstić information content (AvgIpc) is 2.81. The topological polar surface area (TPSA) is 54.3 Å². The van der Waals surface area contributed by atoms with E-state index in [0.29, 0.717) is 12.1 Å². The first kappa shape index (κ1) is 15.6. The van der Waals surface area contributed by atoms with Crippen molar-refractivity contribution in [1.29, 1.82) is 0 Å². The number of aromatic nitrogens is 1. The molecule has 0 fully saturated rings. The molecule has 0 bridgehead atoms. The maximum Gasteiger partial charge on any atom is 0.253 e. The van der Waals surface area contributed by atoms with E-state index in [1.54, 1.807) is 0 Å². The quantitative estimate of drug-likeness (QED) is 0.858. The summed E-state index contributed by atoms with van der Waals surface area (Å²) in [5, 5.41) is 12.9. The molecule has 0 aliphatic heterocycles. The second-order valence-corrected chi connectivity index (χ2v) is 6.34. The van der Waals surface area contributed by atoms with Gasteiger partial charge in [-0.15, -0.1) is 0 Å². The van der Waals surface area contributed by atoms with Crippen LogP contribution in [0.15, 0.2) is 30.5 Å². The summed E-state index contributed by atoms with van der Waals surface area (Å²) in [6, 6.07) is 7.91. The van der Waals surface area contributed by atoms with E-state index in [4.69, 9.17) is 5.11 Å². The number of benzene rings is 1. The highest BCUT2D eigenvalue weighted by Crippen LogP contribution is 2.23. The van der Waals surface area contributed by atoms with Crippen molar-refractivity contribution in [2.75, 3.05) is 13.2 Å². The molecule has 21 heavy (non-hydrogen) atoms. The number of aliphatic hydroxyl groups excluding tert-OH is 1. The summed E-state index contributed by atoms with van der Waals surface area (Å²) in [6.07, 6.45) is 3.52. The molecule has 0 aliphatic rings. The van der Waals surface area contributed by atoms with E-state index in [-0.39, 0.29) is 17.9 Å². The first-order valence-corrected chi connectivity index (χ1v) is 7.38. The summed E-state index contributed by atoms with van der Waals surface area (Å²) in [5.74, 6) is -0.0381. The zero-order valence-electron chi connectivity index (χ0n) is 13.0. The Balaban J connectivity index is 2.09. The van der Waals surface area contributed by atoms with Crippen LogP contribution in [0.3, 0.4) is 0 Å². The number of aliphatic hydroxyl groups is 1. The number of nitrogens with zero attached hydrogens (tertiary/aromatic N) is 1. The fourth-order valence-electron chi connectivity index (χ4n) is 2.58. The Labute approximate surface area is 125 Å². The molecule has 0 saturated carbocycles. The molecular formula is C17H24N2O2. The lowest BCUT2D eigenvalue weighted by atomic mass is 9.88. The summed E-state index contributed by atoms with van der Waals surface area (Å²) in [5.41, 5.74) is 1.76. The number of para-hydroxylation sites is 1. The molecule has 4 nitrogen and oxygen atoms in total. The largest absolute Gasteiger partial charge is 0.396 e. The molecule has 1 amide bonds. The zero-order chi connectivity index (χ0) is 15.5. The Morgan fingerprint density at radius 2 is 2.05 bits per heavy atom. The van der Waals surface area contributed by atoms with Gasteiger partial charge in [0.2, 0.25) is 0 Å². The van der Waals surface area contributed by atoms with Gasteiger partial charge in [0.05, 0.1) is 5.56 Å². The van der Waals surface area contributed by atoms with Crippen LogP contribution in [-0.4, -0.2) is 28.7 Å². The molecule has 0 saturated heterocycles. The second-order valence-electron chi connectivity index (χ2n) is 6.34. The van der Waals surface area contributed by atoms with Crippen LogP contribution < -0.4 is 5.32 Å². The van der Waals surface area contributed by atoms with Crippen LogP contribution in [0.5, 0.6) is 0 Å². The molecule has 1 aromatic carbocycles. The number of aryl methyl sites for hydroxylation is 1. The minimum absolute atomic E-state index is 0.0109. The van der Waals surface area contributed by atoms with Crippen molar-refractivity contribution >= 4 is 16.8 Å². The zero-order valence-corrected chi connectivity index (χ0v) is 13.0. The van der Waals surface area contributed by atoms with Crippen LogP contribution >= 0.6 is 0 Å². The lowest BCUT2D eigenvalue weighted by Gasteiger charge is -2.24.